The van der Waals surface area contributed by atoms with Crippen LogP contribution in [-0.2, 0) is 13.0 Å². The number of allylic oxidation sites excluding steroid dienone is 2. The fraction of sp³-hybridized carbons (Fsp3) is 0.586. The van der Waals surface area contributed by atoms with E-state index in [-0.39, 0.29) is 0 Å². The van der Waals surface area contributed by atoms with Crippen molar-refractivity contribution in [2.24, 2.45) is 5.92 Å². The van der Waals surface area contributed by atoms with E-state index >= 15 is 0 Å². The first kappa shape index (κ1) is 22.2. The van der Waals surface area contributed by atoms with Crippen molar-refractivity contribution in [2.75, 3.05) is 26.2 Å². The highest BCUT2D eigenvalue weighted by Gasteiger charge is 2.36. The molecule has 2 heterocycles. The van der Waals surface area contributed by atoms with Crippen molar-refractivity contribution in [3.8, 4) is 5.88 Å². The lowest BCUT2D eigenvalue weighted by atomic mass is 9.91. The molecule has 1 aromatic heterocycles. The molecule has 1 saturated carbocycles. The second-order valence-electron chi connectivity index (χ2n) is 10.7. The SMILES string of the molecule is CC[C@H]1CCC2=C1c1c(ncnc1O[C@H]1CC[C@H](N3CCN(Cc4ccccc4)CC3)CC1)C2. The molecule has 0 N–H and O–H groups in total. The van der Waals surface area contributed by atoms with Gasteiger partial charge in [-0.15, -0.1) is 0 Å². The topological polar surface area (TPSA) is 41.5 Å². The smallest absolute Gasteiger partial charge is 0.224 e. The van der Waals surface area contributed by atoms with Crippen LogP contribution in [0.1, 0.15) is 68.7 Å². The van der Waals surface area contributed by atoms with E-state index in [0.29, 0.717) is 18.1 Å². The summed E-state index contributed by atoms with van der Waals surface area (Å²) in [5.41, 5.74) is 7.03. The number of piperazine rings is 1. The molecule has 5 heteroatoms. The maximum Gasteiger partial charge on any atom is 0.224 e. The monoisotopic (exact) mass is 458 g/mol. The van der Waals surface area contributed by atoms with Gasteiger partial charge in [0.15, 0.2) is 0 Å². The highest BCUT2D eigenvalue weighted by molar-refractivity contribution is 5.81. The molecule has 0 bridgehead atoms. The zero-order chi connectivity index (χ0) is 22.9. The minimum Gasteiger partial charge on any atom is -0.474 e. The van der Waals surface area contributed by atoms with Gasteiger partial charge in [-0.1, -0.05) is 42.8 Å². The van der Waals surface area contributed by atoms with Gasteiger partial charge in [0.2, 0.25) is 5.88 Å². The van der Waals surface area contributed by atoms with Crippen molar-refractivity contribution in [3.63, 3.8) is 0 Å². The summed E-state index contributed by atoms with van der Waals surface area (Å²) in [5, 5.41) is 0. The van der Waals surface area contributed by atoms with Crippen molar-refractivity contribution in [1.29, 1.82) is 0 Å². The van der Waals surface area contributed by atoms with Crippen molar-refractivity contribution < 1.29 is 4.74 Å². The Morgan fingerprint density at radius 2 is 1.74 bits per heavy atom. The van der Waals surface area contributed by atoms with E-state index < -0.39 is 0 Å². The van der Waals surface area contributed by atoms with Gasteiger partial charge in [0, 0.05) is 45.2 Å². The van der Waals surface area contributed by atoms with Crippen LogP contribution in [0.5, 0.6) is 5.88 Å². The van der Waals surface area contributed by atoms with Crippen molar-refractivity contribution >= 4 is 5.57 Å². The van der Waals surface area contributed by atoms with Gasteiger partial charge in [0.05, 0.1) is 11.3 Å². The number of fused-ring (bicyclic) bond motifs is 2. The van der Waals surface area contributed by atoms with E-state index in [1.54, 1.807) is 11.9 Å². The Labute approximate surface area is 204 Å². The number of ether oxygens (including phenoxy) is 1. The second-order valence-corrected chi connectivity index (χ2v) is 10.7. The Morgan fingerprint density at radius 3 is 2.50 bits per heavy atom. The molecule has 0 amide bonds. The van der Waals surface area contributed by atoms with Crippen LogP contribution in [-0.4, -0.2) is 58.1 Å². The number of benzene rings is 1. The van der Waals surface area contributed by atoms with E-state index in [1.807, 2.05) is 0 Å². The minimum atomic E-state index is 0.292. The van der Waals surface area contributed by atoms with Gasteiger partial charge in [-0.3, -0.25) is 9.80 Å². The van der Waals surface area contributed by atoms with Gasteiger partial charge < -0.3 is 4.74 Å². The Kier molecular flexibility index (Phi) is 6.40. The quantitative estimate of drug-likeness (QED) is 0.601. The molecular formula is C29H38N4O. The van der Waals surface area contributed by atoms with Crippen LogP contribution >= 0.6 is 0 Å². The molecule has 2 fully saturated rings. The van der Waals surface area contributed by atoms with Gasteiger partial charge in [0.25, 0.3) is 0 Å². The third-order valence-corrected chi connectivity index (χ3v) is 8.71. The van der Waals surface area contributed by atoms with Crippen LogP contribution in [0.15, 0.2) is 42.2 Å². The first-order valence-corrected chi connectivity index (χ1v) is 13.5. The summed E-state index contributed by atoms with van der Waals surface area (Å²) < 4.78 is 6.61. The lowest BCUT2D eigenvalue weighted by Crippen LogP contribution is -2.51. The number of nitrogens with zero attached hydrogens (tertiary/aromatic N) is 4. The van der Waals surface area contributed by atoms with Crippen LogP contribution in [0.2, 0.25) is 0 Å². The van der Waals surface area contributed by atoms with E-state index in [0.717, 1.165) is 31.7 Å². The first-order valence-electron chi connectivity index (χ1n) is 13.5. The van der Waals surface area contributed by atoms with Crippen molar-refractivity contribution in [2.45, 2.75) is 77.0 Å². The number of hydrogen-bond acceptors (Lipinski definition) is 5. The summed E-state index contributed by atoms with van der Waals surface area (Å²) in [6, 6.07) is 11.6. The van der Waals surface area contributed by atoms with Gasteiger partial charge >= 0.3 is 0 Å². The molecule has 0 radical (unpaired) electrons. The summed E-state index contributed by atoms with van der Waals surface area (Å²) in [5.74, 6) is 1.54. The van der Waals surface area contributed by atoms with Gasteiger partial charge in [-0.25, -0.2) is 9.97 Å². The Hall–Kier alpha value is -2.24. The fourth-order valence-electron chi connectivity index (χ4n) is 6.80. The van der Waals surface area contributed by atoms with Crippen LogP contribution in [0.25, 0.3) is 5.57 Å². The van der Waals surface area contributed by atoms with E-state index in [1.165, 1.54) is 80.7 Å². The van der Waals surface area contributed by atoms with E-state index in [4.69, 9.17) is 4.74 Å². The molecule has 4 aliphatic rings. The Bertz CT molecular complexity index is 1020. The fourth-order valence-corrected chi connectivity index (χ4v) is 6.80. The van der Waals surface area contributed by atoms with Crippen molar-refractivity contribution in [1.82, 2.24) is 19.8 Å². The summed E-state index contributed by atoms with van der Waals surface area (Å²) in [6.07, 6.45) is 11.5. The zero-order valence-corrected chi connectivity index (χ0v) is 20.6. The molecule has 1 aliphatic heterocycles. The van der Waals surface area contributed by atoms with Crippen LogP contribution in [0.3, 0.4) is 0 Å². The van der Waals surface area contributed by atoms with Crippen LogP contribution in [0, 0.1) is 5.92 Å². The summed E-state index contributed by atoms with van der Waals surface area (Å²) >= 11 is 0. The third-order valence-electron chi connectivity index (χ3n) is 8.71. The summed E-state index contributed by atoms with van der Waals surface area (Å²) in [6.45, 7) is 8.12. The molecule has 34 heavy (non-hydrogen) atoms. The van der Waals surface area contributed by atoms with Gasteiger partial charge in [-0.05, 0) is 62.0 Å². The normalized spacial score (nSPS) is 27.6. The first-order chi connectivity index (χ1) is 16.8. The molecule has 1 aromatic carbocycles. The predicted molar refractivity (Wildman–Crippen MR) is 136 cm³/mol. The number of aromatic nitrogens is 2. The van der Waals surface area contributed by atoms with E-state index in [9.17, 15) is 0 Å². The number of rotatable bonds is 6. The molecule has 6 rings (SSSR count). The average Bonchev–Trinajstić information content (AvgIpc) is 3.45. The molecule has 0 unspecified atom stereocenters. The molecule has 5 nitrogen and oxygen atoms in total. The van der Waals surface area contributed by atoms with Crippen LogP contribution in [0.4, 0.5) is 0 Å². The summed E-state index contributed by atoms with van der Waals surface area (Å²) in [7, 11) is 0. The molecular weight excluding hydrogens is 420 g/mol. The third kappa shape index (κ3) is 4.40. The largest absolute Gasteiger partial charge is 0.474 e. The highest BCUT2D eigenvalue weighted by Crippen LogP contribution is 2.49. The Balaban J connectivity index is 1.02. The summed E-state index contributed by atoms with van der Waals surface area (Å²) in [4.78, 5) is 14.6. The molecule has 0 spiro atoms. The molecule has 180 valence electrons. The second kappa shape index (κ2) is 9.79. The maximum absolute atomic E-state index is 6.61. The van der Waals surface area contributed by atoms with Gasteiger partial charge in [0.1, 0.15) is 12.4 Å². The lowest BCUT2D eigenvalue weighted by molar-refractivity contribution is 0.0482. The van der Waals surface area contributed by atoms with Gasteiger partial charge in [-0.2, -0.15) is 0 Å². The molecule has 1 saturated heterocycles. The predicted octanol–water partition coefficient (Wildman–Crippen LogP) is 5.11. The average molecular weight is 459 g/mol. The standard InChI is InChI=1S/C29H38N4O/c1-2-22-8-9-23-18-26-28(27(22)23)29(31-20-30-26)34-25-12-10-24(11-13-25)33-16-14-32(15-17-33)19-21-6-4-3-5-7-21/h3-7,20,22,24-25H,2,8-19H2,1H3/t22-,24-,25-/m0/s1. The lowest BCUT2D eigenvalue weighted by Gasteiger charge is -2.42. The van der Waals surface area contributed by atoms with Crippen molar-refractivity contribution in [3.05, 3.63) is 59.1 Å². The molecule has 1 atom stereocenters. The Morgan fingerprint density at radius 1 is 0.941 bits per heavy atom. The van der Waals surface area contributed by atoms with E-state index in [2.05, 4.69) is 57.0 Å². The molecule has 3 aliphatic carbocycles. The maximum atomic E-state index is 6.61. The molecule has 2 aromatic rings. The number of hydrogen-bond donors (Lipinski definition) is 0. The highest BCUT2D eigenvalue weighted by atomic mass is 16.5. The van der Waals surface area contributed by atoms with Crippen LogP contribution < -0.4 is 4.74 Å². The minimum absolute atomic E-state index is 0.292. The zero-order valence-electron chi connectivity index (χ0n) is 20.6.